The van der Waals surface area contributed by atoms with Crippen LogP contribution >= 0.6 is 0 Å². The Balaban J connectivity index is 2.17. The Morgan fingerprint density at radius 3 is 2.25 bits per heavy atom. The number of allylic oxidation sites excluding steroid dienone is 1. The average molecular weight is 318 g/mol. The number of ether oxygens (including phenoxy) is 1. The molecule has 0 N–H and O–H groups in total. The van der Waals surface area contributed by atoms with E-state index in [0.717, 1.165) is 40.2 Å². The standard InChI is InChI=1S/C22H22O2/c1-4-11-19-20(22(23-3)18-14-9-6-10-15-18)16(2)24-21(19)17-12-7-5-8-13-17/h4-10,12-15,22H,1,11H2,2-3H3. The first-order valence-electron chi connectivity index (χ1n) is 8.12. The van der Waals surface area contributed by atoms with Gasteiger partial charge in [0.15, 0.2) is 0 Å². The second-order valence-electron chi connectivity index (χ2n) is 5.76. The van der Waals surface area contributed by atoms with Gasteiger partial charge in [0.05, 0.1) is 0 Å². The van der Waals surface area contributed by atoms with E-state index in [2.05, 4.69) is 30.8 Å². The van der Waals surface area contributed by atoms with Gasteiger partial charge in [-0.25, -0.2) is 0 Å². The van der Waals surface area contributed by atoms with Crippen LogP contribution in [0.1, 0.15) is 28.6 Å². The fraction of sp³-hybridized carbons (Fsp3) is 0.182. The quantitative estimate of drug-likeness (QED) is 0.542. The van der Waals surface area contributed by atoms with Gasteiger partial charge in [-0.2, -0.15) is 0 Å². The summed E-state index contributed by atoms with van der Waals surface area (Å²) in [7, 11) is 1.74. The molecule has 24 heavy (non-hydrogen) atoms. The van der Waals surface area contributed by atoms with Crippen molar-refractivity contribution in [3.63, 3.8) is 0 Å². The molecule has 0 aliphatic heterocycles. The number of rotatable bonds is 6. The van der Waals surface area contributed by atoms with Crippen LogP contribution in [0, 0.1) is 6.92 Å². The van der Waals surface area contributed by atoms with Crippen LogP contribution in [0.4, 0.5) is 0 Å². The first-order chi connectivity index (χ1) is 11.8. The number of methoxy groups -OCH3 is 1. The third kappa shape index (κ3) is 3.06. The van der Waals surface area contributed by atoms with E-state index in [4.69, 9.17) is 9.15 Å². The Morgan fingerprint density at radius 1 is 1.04 bits per heavy atom. The molecule has 2 nitrogen and oxygen atoms in total. The van der Waals surface area contributed by atoms with Crippen molar-refractivity contribution < 1.29 is 9.15 Å². The first kappa shape index (κ1) is 16.3. The van der Waals surface area contributed by atoms with Gasteiger partial charge in [-0.15, -0.1) is 6.58 Å². The highest BCUT2D eigenvalue weighted by molar-refractivity contribution is 5.65. The molecule has 122 valence electrons. The second-order valence-corrected chi connectivity index (χ2v) is 5.76. The topological polar surface area (TPSA) is 22.4 Å². The molecule has 0 saturated heterocycles. The van der Waals surface area contributed by atoms with Crippen LogP contribution in [0.25, 0.3) is 11.3 Å². The summed E-state index contributed by atoms with van der Waals surface area (Å²) in [6.07, 6.45) is 2.50. The van der Waals surface area contributed by atoms with Crippen molar-refractivity contribution in [2.24, 2.45) is 0 Å². The Morgan fingerprint density at radius 2 is 1.67 bits per heavy atom. The summed E-state index contributed by atoms with van der Waals surface area (Å²) in [6, 6.07) is 20.4. The van der Waals surface area contributed by atoms with Gasteiger partial charge in [0, 0.05) is 23.8 Å². The van der Waals surface area contributed by atoms with E-state index in [-0.39, 0.29) is 6.10 Å². The molecule has 0 spiro atoms. The highest BCUT2D eigenvalue weighted by Crippen LogP contribution is 2.39. The predicted molar refractivity (Wildman–Crippen MR) is 98.1 cm³/mol. The Hall–Kier alpha value is -2.58. The number of benzene rings is 2. The molecule has 0 amide bonds. The van der Waals surface area contributed by atoms with E-state index < -0.39 is 0 Å². The van der Waals surface area contributed by atoms with E-state index in [1.165, 1.54) is 0 Å². The maximum absolute atomic E-state index is 6.16. The minimum Gasteiger partial charge on any atom is -0.461 e. The van der Waals surface area contributed by atoms with Crippen molar-refractivity contribution in [2.45, 2.75) is 19.4 Å². The monoisotopic (exact) mass is 318 g/mol. The molecule has 1 heterocycles. The summed E-state index contributed by atoms with van der Waals surface area (Å²) < 4.78 is 12.0. The van der Waals surface area contributed by atoms with Crippen LogP contribution in [-0.4, -0.2) is 7.11 Å². The maximum Gasteiger partial charge on any atom is 0.138 e. The number of hydrogen-bond acceptors (Lipinski definition) is 2. The van der Waals surface area contributed by atoms with Crippen LogP contribution in [0.2, 0.25) is 0 Å². The number of furan rings is 1. The zero-order chi connectivity index (χ0) is 16.9. The second kappa shape index (κ2) is 7.33. The lowest BCUT2D eigenvalue weighted by atomic mass is 9.94. The summed E-state index contributed by atoms with van der Waals surface area (Å²) in [6.45, 7) is 5.92. The summed E-state index contributed by atoms with van der Waals surface area (Å²) in [5.41, 5.74) is 4.44. The highest BCUT2D eigenvalue weighted by atomic mass is 16.5. The van der Waals surface area contributed by atoms with Gasteiger partial charge in [0.2, 0.25) is 0 Å². The van der Waals surface area contributed by atoms with Crippen molar-refractivity contribution in [3.8, 4) is 11.3 Å². The van der Waals surface area contributed by atoms with Crippen LogP contribution in [0.15, 0.2) is 77.7 Å². The van der Waals surface area contributed by atoms with Gasteiger partial charge in [0.25, 0.3) is 0 Å². The highest BCUT2D eigenvalue weighted by Gasteiger charge is 2.25. The van der Waals surface area contributed by atoms with Gasteiger partial charge >= 0.3 is 0 Å². The van der Waals surface area contributed by atoms with E-state index in [0.29, 0.717) is 0 Å². The zero-order valence-electron chi connectivity index (χ0n) is 14.2. The molecule has 0 aliphatic rings. The Bertz CT molecular complexity index is 801. The summed E-state index contributed by atoms with van der Waals surface area (Å²) in [5, 5.41) is 0. The number of aryl methyl sites for hydroxylation is 1. The van der Waals surface area contributed by atoms with Crippen molar-refractivity contribution in [1.82, 2.24) is 0 Å². The van der Waals surface area contributed by atoms with Gasteiger partial charge in [-0.05, 0) is 18.9 Å². The molecule has 0 radical (unpaired) electrons. The first-order valence-corrected chi connectivity index (χ1v) is 8.12. The predicted octanol–water partition coefficient (Wildman–Crippen LogP) is 5.72. The molecule has 1 atom stereocenters. The smallest absolute Gasteiger partial charge is 0.138 e. The molecule has 0 saturated carbocycles. The normalized spacial score (nSPS) is 12.1. The summed E-state index contributed by atoms with van der Waals surface area (Å²) in [4.78, 5) is 0. The zero-order valence-corrected chi connectivity index (χ0v) is 14.2. The van der Waals surface area contributed by atoms with Gasteiger partial charge in [0.1, 0.15) is 17.6 Å². The van der Waals surface area contributed by atoms with Crippen LogP contribution < -0.4 is 0 Å². The Labute approximate surface area is 143 Å². The van der Waals surface area contributed by atoms with E-state index in [1.54, 1.807) is 7.11 Å². The molecule has 0 bridgehead atoms. The lowest BCUT2D eigenvalue weighted by Gasteiger charge is -2.17. The van der Waals surface area contributed by atoms with Crippen LogP contribution in [0.3, 0.4) is 0 Å². The molecule has 0 aliphatic carbocycles. The Kier molecular flexibility index (Phi) is 4.97. The minimum atomic E-state index is -0.151. The molecule has 2 aromatic carbocycles. The maximum atomic E-state index is 6.16. The largest absolute Gasteiger partial charge is 0.461 e. The molecular weight excluding hydrogens is 296 g/mol. The summed E-state index contributed by atoms with van der Waals surface area (Å²) >= 11 is 0. The fourth-order valence-electron chi connectivity index (χ4n) is 3.17. The van der Waals surface area contributed by atoms with Crippen LogP contribution in [0.5, 0.6) is 0 Å². The van der Waals surface area contributed by atoms with Crippen molar-refractivity contribution >= 4 is 0 Å². The SMILES string of the molecule is C=CCc1c(-c2ccccc2)oc(C)c1C(OC)c1ccccc1. The molecule has 1 aromatic heterocycles. The fourth-order valence-corrected chi connectivity index (χ4v) is 3.17. The molecule has 0 fully saturated rings. The number of hydrogen-bond donors (Lipinski definition) is 0. The lowest BCUT2D eigenvalue weighted by Crippen LogP contribution is -2.06. The molecule has 3 aromatic rings. The van der Waals surface area contributed by atoms with Gasteiger partial charge in [-0.3, -0.25) is 0 Å². The molecule has 2 heteroatoms. The average Bonchev–Trinajstić information content (AvgIpc) is 2.95. The van der Waals surface area contributed by atoms with E-state index in [9.17, 15) is 0 Å². The summed E-state index contributed by atoms with van der Waals surface area (Å²) in [5.74, 6) is 1.79. The van der Waals surface area contributed by atoms with E-state index in [1.807, 2.05) is 49.4 Å². The minimum absolute atomic E-state index is 0.151. The van der Waals surface area contributed by atoms with Crippen LogP contribution in [-0.2, 0) is 11.2 Å². The van der Waals surface area contributed by atoms with Crippen molar-refractivity contribution in [3.05, 3.63) is 95.8 Å². The molecule has 3 rings (SSSR count). The molecule has 1 unspecified atom stereocenters. The van der Waals surface area contributed by atoms with E-state index >= 15 is 0 Å². The third-order valence-corrected chi connectivity index (χ3v) is 4.22. The lowest BCUT2D eigenvalue weighted by molar-refractivity contribution is 0.134. The van der Waals surface area contributed by atoms with Crippen molar-refractivity contribution in [2.75, 3.05) is 7.11 Å². The van der Waals surface area contributed by atoms with Gasteiger partial charge in [-0.1, -0.05) is 66.7 Å². The third-order valence-electron chi connectivity index (χ3n) is 4.22. The molecular formula is C22H22O2. The van der Waals surface area contributed by atoms with Gasteiger partial charge < -0.3 is 9.15 Å². The van der Waals surface area contributed by atoms with Crippen molar-refractivity contribution in [1.29, 1.82) is 0 Å².